The summed E-state index contributed by atoms with van der Waals surface area (Å²) in [4.78, 5) is 52.9. The fourth-order valence-electron chi connectivity index (χ4n) is 11.2. The molecule has 3 saturated heterocycles. The molecule has 14 rings (SSSR count). The third kappa shape index (κ3) is 14.3. The molecule has 0 bridgehead atoms. The van der Waals surface area contributed by atoms with Crippen LogP contribution in [0.3, 0.4) is 0 Å². The Bertz CT molecular complexity index is 3780. The SMILES string of the molecule is CN(C)c1ccc(-c2nc3ccc(F)cc3[nH]2)cc1.Cc1ccc2nc(-c3ccc(N4CCCC(CO)C4)nc3)[nH]c2c1.OCC1CCCN(c2ccc(-c3nc4ccc(F)cc4[nH]3)cn2)C1.OCC1CCCN(c2ccc(-c3ncc[nH]3)cn2)C1. The Morgan fingerprint density at radius 3 is 1.26 bits per heavy atom. The summed E-state index contributed by atoms with van der Waals surface area (Å²) in [5.41, 5.74) is 11.1. The van der Waals surface area contributed by atoms with Crippen LogP contribution in [-0.4, -0.2) is 143 Å². The minimum Gasteiger partial charge on any atom is -0.396 e. The van der Waals surface area contributed by atoms with Gasteiger partial charge in [0, 0.05) is 132 Å². The molecule has 3 aliphatic rings. The van der Waals surface area contributed by atoms with E-state index in [9.17, 15) is 24.1 Å². The van der Waals surface area contributed by atoms with Gasteiger partial charge in [-0.25, -0.2) is 43.7 Å². The molecule has 3 fully saturated rings. The summed E-state index contributed by atoms with van der Waals surface area (Å²) in [5.74, 6) is 6.52. The number of piperidine rings is 3. The Hall–Kier alpha value is -9.11. The first-order chi connectivity index (χ1) is 41.9. The Balaban J connectivity index is 0.000000120. The molecule has 0 saturated carbocycles. The van der Waals surface area contributed by atoms with E-state index in [1.54, 1.807) is 30.7 Å². The standard InChI is InChI=1S/C19H22N4O.C18H19FN4O.C15H14FN3.C14H18N4O/c1-13-4-6-16-17(9-13)22-19(21-16)15-5-7-18(20-10-15)23-8-2-3-14(11-23)12-24;19-14-4-5-15-16(8-14)22-18(21-15)13-3-6-17(20-9-13)23-7-1-2-12(10-23)11-24;1-19(2)12-6-3-10(4-7-12)15-17-13-8-5-11(16)9-14(13)18-15;19-10-11-2-1-7-18(9-11)13-4-3-12(8-17-13)14-15-5-6-16-14/h4-7,9-10,14,24H,2-3,8,11-12H2,1H3,(H,21,22);3-6,8-9,12,24H,1-2,7,10-11H2,(H,21,22);3-9H,1-2H3,(H,17,18);3-6,8,11,19H,1-2,7,9-10H2,(H,15,16). The van der Waals surface area contributed by atoms with Crippen molar-refractivity contribution in [3.05, 3.63) is 163 Å². The first-order valence-electron chi connectivity index (χ1n) is 29.5. The van der Waals surface area contributed by atoms with Gasteiger partial charge in [-0.2, -0.15) is 0 Å². The number of rotatable bonds is 11. The Morgan fingerprint density at radius 2 is 0.872 bits per heavy atom. The van der Waals surface area contributed by atoms with E-state index in [1.807, 2.05) is 92.1 Å². The maximum absolute atomic E-state index is 13.3. The molecule has 7 N–H and O–H groups in total. The van der Waals surface area contributed by atoms with Crippen molar-refractivity contribution in [3.8, 4) is 45.6 Å². The van der Waals surface area contributed by atoms with Gasteiger partial charge < -0.3 is 54.9 Å². The largest absolute Gasteiger partial charge is 0.396 e. The molecular weight excluding hydrogens is 1090 g/mol. The van der Waals surface area contributed by atoms with Crippen LogP contribution in [0.15, 0.2) is 146 Å². The third-order valence-electron chi connectivity index (χ3n) is 16.0. The van der Waals surface area contributed by atoms with Crippen molar-refractivity contribution in [2.45, 2.75) is 45.4 Å². The number of nitrogens with zero attached hydrogens (tertiary/aromatic N) is 11. The molecule has 3 atom stereocenters. The van der Waals surface area contributed by atoms with Gasteiger partial charge in [0.15, 0.2) is 0 Å². The van der Waals surface area contributed by atoms with Gasteiger partial charge in [-0.3, -0.25) is 0 Å². The number of aromatic nitrogens is 11. The summed E-state index contributed by atoms with van der Waals surface area (Å²) in [5, 5.41) is 28.0. The van der Waals surface area contributed by atoms with E-state index >= 15 is 0 Å². The molecule has 0 spiro atoms. The molecule has 3 aliphatic heterocycles. The summed E-state index contributed by atoms with van der Waals surface area (Å²) in [6.07, 6.45) is 15.6. The van der Waals surface area contributed by atoms with E-state index in [2.05, 4.69) is 94.6 Å². The average Bonchev–Trinajstić information content (AvgIpc) is 3.72. The van der Waals surface area contributed by atoms with Crippen molar-refractivity contribution < 1.29 is 24.1 Å². The molecule has 20 heteroatoms. The maximum atomic E-state index is 13.3. The van der Waals surface area contributed by atoms with Gasteiger partial charge in [0.2, 0.25) is 0 Å². The predicted octanol–water partition coefficient (Wildman–Crippen LogP) is 11.2. The Labute approximate surface area is 498 Å². The Morgan fingerprint density at radius 1 is 0.477 bits per heavy atom. The van der Waals surface area contributed by atoms with E-state index in [4.69, 9.17) is 0 Å². The zero-order chi connectivity index (χ0) is 59.5. The lowest BCUT2D eigenvalue weighted by Gasteiger charge is -2.32. The molecule has 4 aromatic carbocycles. The number of aliphatic hydroxyl groups excluding tert-OH is 3. The van der Waals surface area contributed by atoms with Crippen LogP contribution in [-0.2, 0) is 0 Å². The highest BCUT2D eigenvalue weighted by molar-refractivity contribution is 5.82. The van der Waals surface area contributed by atoms with E-state index in [-0.39, 0.29) is 31.5 Å². The minimum absolute atomic E-state index is 0.226. The zero-order valence-corrected chi connectivity index (χ0v) is 48.7. The second kappa shape index (κ2) is 27.3. The normalized spacial score (nSPS) is 16.9. The smallest absolute Gasteiger partial charge is 0.140 e. The van der Waals surface area contributed by atoms with Crippen LogP contribution in [0.4, 0.5) is 31.9 Å². The molecule has 10 heterocycles. The monoisotopic (exact) mass is 1160 g/mol. The lowest BCUT2D eigenvalue weighted by atomic mass is 9.99. The summed E-state index contributed by atoms with van der Waals surface area (Å²) < 4.78 is 26.4. The number of pyridine rings is 3. The van der Waals surface area contributed by atoms with Gasteiger partial charge in [0.1, 0.15) is 52.4 Å². The average molecular weight is 1160 g/mol. The van der Waals surface area contributed by atoms with Gasteiger partial charge in [-0.15, -0.1) is 0 Å². The second-order valence-electron chi connectivity index (χ2n) is 22.6. The van der Waals surface area contributed by atoms with Crippen molar-refractivity contribution in [2.24, 2.45) is 17.8 Å². The number of aromatic amines is 4. The number of imidazole rings is 4. The van der Waals surface area contributed by atoms with E-state index in [0.717, 1.165) is 163 Å². The Kier molecular flexibility index (Phi) is 18.6. The van der Waals surface area contributed by atoms with E-state index in [1.165, 1.54) is 29.8 Å². The van der Waals surface area contributed by atoms with Crippen molar-refractivity contribution >= 4 is 56.2 Å². The summed E-state index contributed by atoms with van der Waals surface area (Å²) >= 11 is 0. The number of H-pyrrole nitrogens is 4. The van der Waals surface area contributed by atoms with E-state index < -0.39 is 0 Å². The number of benzene rings is 4. The fraction of sp³-hybridized carbons (Fsp3) is 0.318. The molecule has 0 aliphatic carbocycles. The van der Waals surface area contributed by atoms with Gasteiger partial charge in [-0.1, -0.05) is 6.07 Å². The van der Waals surface area contributed by atoms with Crippen LogP contribution in [0, 0.1) is 36.3 Å². The van der Waals surface area contributed by atoms with Crippen molar-refractivity contribution in [2.75, 3.05) is 92.8 Å². The molecule has 11 aromatic rings. The molecule has 0 radical (unpaired) electrons. The number of aliphatic hydroxyl groups is 3. The molecule has 444 valence electrons. The van der Waals surface area contributed by atoms with Crippen molar-refractivity contribution in [1.29, 1.82) is 0 Å². The van der Waals surface area contributed by atoms with Gasteiger partial charge >= 0.3 is 0 Å². The summed E-state index contributed by atoms with van der Waals surface area (Å²) in [6.45, 7) is 8.43. The second-order valence-corrected chi connectivity index (χ2v) is 22.6. The number of halogens is 2. The minimum atomic E-state index is -0.283. The third-order valence-corrected chi connectivity index (χ3v) is 16.0. The summed E-state index contributed by atoms with van der Waals surface area (Å²) in [7, 11) is 4.00. The number of hydrogen-bond donors (Lipinski definition) is 7. The van der Waals surface area contributed by atoms with Crippen LogP contribution in [0.5, 0.6) is 0 Å². The van der Waals surface area contributed by atoms with Crippen LogP contribution in [0.2, 0.25) is 0 Å². The molecule has 86 heavy (non-hydrogen) atoms. The lowest BCUT2D eigenvalue weighted by Crippen LogP contribution is -2.37. The first-order valence-corrected chi connectivity index (χ1v) is 29.5. The highest BCUT2D eigenvalue weighted by atomic mass is 19.1. The predicted molar refractivity (Wildman–Crippen MR) is 337 cm³/mol. The fourth-order valence-corrected chi connectivity index (χ4v) is 11.2. The molecule has 3 unspecified atom stereocenters. The zero-order valence-electron chi connectivity index (χ0n) is 48.7. The van der Waals surface area contributed by atoms with E-state index in [0.29, 0.717) is 34.6 Å². The van der Waals surface area contributed by atoms with Crippen LogP contribution in [0.1, 0.15) is 44.1 Å². The lowest BCUT2D eigenvalue weighted by molar-refractivity contribution is 0.208. The van der Waals surface area contributed by atoms with Gasteiger partial charge in [0.25, 0.3) is 0 Å². The number of aryl methyl sites for hydroxylation is 1. The quantitative estimate of drug-likeness (QED) is 0.0640. The topological polar surface area (TPSA) is 227 Å². The first kappa shape index (κ1) is 58.7. The molecule has 18 nitrogen and oxygen atoms in total. The maximum Gasteiger partial charge on any atom is 0.140 e. The highest BCUT2D eigenvalue weighted by Crippen LogP contribution is 2.29. The number of anilines is 4. The number of hydrogen-bond acceptors (Lipinski definition) is 14. The number of fused-ring (bicyclic) bond motifs is 3. The van der Waals surface area contributed by atoms with Crippen LogP contribution in [0.25, 0.3) is 78.7 Å². The van der Waals surface area contributed by atoms with Gasteiger partial charge in [0.05, 0.1) is 33.1 Å². The number of nitrogens with one attached hydrogen (secondary N) is 4. The summed E-state index contributed by atoms with van der Waals surface area (Å²) in [6, 6.07) is 35.5. The highest BCUT2D eigenvalue weighted by Gasteiger charge is 2.23. The van der Waals surface area contributed by atoms with Crippen LogP contribution < -0.4 is 19.6 Å². The van der Waals surface area contributed by atoms with Crippen LogP contribution >= 0.6 is 0 Å². The van der Waals surface area contributed by atoms with Crippen molar-refractivity contribution in [3.63, 3.8) is 0 Å². The molecule has 0 amide bonds. The molecule has 7 aromatic heterocycles. The molecular formula is C66H73F2N15O3. The van der Waals surface area contributed by atoms with Gasteiger partial charge in [-0.05, 0) is 178 Å². The van der Waals surface area contributed by atoms with Crippen molar-refractivity contribution in [1.82, 2.24) is 54.8 Å².